The van der Waals surface area contributed by atoms with E-state index in [1.807, 2.05) is 36.4 Å². The summed E-state index contributed by atoms with van der Waals surface area (Å²) < 4.78 is 12.1. The first-order valence-electron chi connectivity index (χ1n) is 7.54. The summed E-state index contributed by atoms with van der Waals surface area (Å²) in [7, 11) is 1.72. The largest absolute Gasteiger partial charge is 0.489 e. The van der Waals surface area contributed by atoms with E-state index in [2.05, 4.69) is 27.3 Å². The fraction of sp³-hybridized carbons (Fsp3) is 0.333. The minimum absolute atomic E-state index is 0. The second-order valence-electron chi connectivity index (χ2n) is 5.19. The first-order chi connectivity index (χ1) is 11.2. The lowest BCUT2D eigenvalue weighted by atomic mass is 10.2. The summed E-state index contributed by atoms with van der Waals surface area (Å²) in [5.74, 6) is 0.891. The van der Waals surface area contributed by atoms with Crippen LogP contribution < -0.4 is 10.1 Å². The molecule has 2 rings (SSSR count). The molecule has 6 heteroatoms. The van der Waals surface area contributed by atoms with Crippen molar-refractivity contribution in [2.45, 2.75) is 19.6 Å². The second kappa shape index (κ2) is 11.7. The third-order valence-electron chi connectivity index (χ3n) is 3.35. The van der Waals surface area contributed by atoms with Gasteiger partial charge < -0.3 is 14.8 Å². The monoisotopic (exact) mass is 433 g/mol. The summed E-state index contributed by atoms with van der Waals surface area (Å²) in [6.45, 7) is 2.97. The molecular formula is C18H22BrCl2NO2. The summed E-state index contributed by atoms with van der Waals surface area (Å²) in [5.41, 5.74) is 2.22. The molecule has 0 aliphatic rings. The van der Waals surface area contributed by atoms with Crippen molar-refractivity contribution >= 4 is 39.9 Å². The van der Waals surface area contributed by atoms with Gasteiger partial charge in [-0.3, -0.25) is 0 Å². The highest BCUT2D eigenvalue weighted by molar-refractivity contribution is 9.10. The van der Waals surface area contributed by atoms with Crippen LogP contribution in [0, 0.1) is 0 Å². The van der Waals surface area contributed by atoms with Gasteiger partial charge in [0.2, 0.25) is 0 Å². The van der Waals surface area contributed by atoms with Gasteiger partial charge in [0, 0.05) is 35.3 Å². The fourth-order valence-corrected chi connectivity index (χ4v) is 2.67. The number of ether oxygens (including phenoxy) is 2. The Hall–Kier alpha value is -0.780. The quantitative estimate of drug-likeness (QED) is 0.548. The SMILES string of the molecule is COCCCNCc1cc(Br)ccc1OCc1ccc(Cl)cc1.Cl. The summed E-state index contributed by atoms with van der Waals surface area (Å²) in [6, 6.07) is 13.8. The molecule has 24 heavy (non-hydrogen) atoms. The Morgan fingerprint density at radius 2 is 1.88 bits per heavy atom. The molecule has 3 nitrogen and oxygen atoms in total. The maximum absolute atomic E-state index is 5.97. The number of halogens is 3. The molecular weight excluding hydrogens is 413 g/mol. The zero-order valence-corrected chi connectivity index (χ0v) is 16.7. The lowest BCUT2D eigenvalue weighted by Gasteiger charge is -2.13. The zero-order chi connectivity index (χ0) is 16.5. The van der Waals surface area contributed by atoms with Crippen LogP contribution in [0.2, 0.25) is 5.02 Å². The molecule has 0 bridgehead atoms. The Bertz CT molecular complexity index is 608. The van der Waals surface area contributed by atoms with Gasteiger partial charge >= 0.3 is 0 Å². The van der Waals surface area contributed by atoms with Gasteiger partial charge in [-0.05, 0) is 48.9 Å². The van der Waals surface area contributed by atoms with Crippen LogP contribution in [0.15, 0.2) is 46.9 Å². The number of rotatable bonds is 9. The van der Waals surface area contributed by atoms with Crippen LogP contribution >= 0.6 is 39.9 Å². The molecule has 0 unspecified atom stereocenters. The standard InChI is InChI=1S/C18H21BrClNO2.ClH/c1-22-10-2-9-21-12-15-11-16(19)5-8-18(15)23-13-14-3-6-17(20)7-4-14;/h3-8,11,21H,2,9-10,12-13H2,1H3;1H. The van der Waals surface area contributed by atoms with Crippen molar-refractivity contribution in [3.63, 3.8) is 0 Å². The van der Waals surface area contributed by atoms with Crippen LogP contribution in [0.1, 0.15) is 17.5 Å². The zero-order valence-electron chi connectivity index (χ0n) is 13.6. The molecule has 0 spiro atoms. The molecule has 0 saturated heterocycles. The van der Waals surface area contributed by atoms with Crippen molar-refractivity contribution in [1.82, 2.24) is 5.32 Å². The lowest BCUT2D eigenvalue weighted by Crippen LogP contribution is -2.16. The van der Waals surface area contributed by atoms with Crippen LogP contribution in [0.25, 0.3) is 0 Å². The van der Waals surface area contributed by atoms with Gasteiger partial charge in [-0.2, -0.15) is 0 Å². The van der Waals surface area contributed by atoms with Crippen LogP contribution in [0.5, 0.6) is 5.75 Å². The molecule has 0 radical (unpaired) electrons. The molecule has 0 aliphatic carbocycles. The van der Waals surface area contributed by atoms with E-state index in [4.69, 9.17) is 21.1 Å². The van der Waals surface area contributed by atoms with Gasteiger partial charge in [0.15, 0.2) is 0 Å². The topological polar surface area (TPSA) is 30.5 Å². The summed E-state index contributed by atoms with van der Waals surface area (Å²) >= 11 is 9.42. The summed E-state index contributed by atoms with van der Waals surface area (Å²) in [5, 5.41) is 4.15. The molecule has 2 aromatic rings. The van der Waals surface area contributed by atoms with Crippen molar-refractivity contribution in [2.24, 2.45) is 0 Å². The Morgan fingerprint density at radius 3 is 2.58 bits per heavy atom. The van der Waals surface area contributed by atoms with Crippen molar-refractivity contribution in [2.75, 3.05) is 20.3 Å². The highest BCUT2D eigenvalue weighted by Crippen LogP contribution is 2.24. The molecule has 1 N–H and O–H groups in total. The van der Waals surface area contributed by atoms with E-state index < -0.39 is 0 Å². The first-order valence-corrected chi connectivity index (χ1v) is 8.71. The third kappa shape index (κ3) is 7.41. The Labute approximate surface area is 163 Å². The van der Waals surface area contributed by atoms with Crippen LogP contribution in [-0.2, 0) is 17.9 Å². The Balaban J connectivity index is 0.00000288. The average Bonchev–Trinajstić information content (AvgIpc) is 2.55. The second-order valence-corrected chi connectivity index (χ2v) is 6.54. The molecule has 132 valence electrons. The van der Waals surface area contributed by atoms with Crippen molar-refractivity contribution in [1.29, 1.82) is 0 Å². The van der Waals surface area contributed by atoms with Gasteiger partial charge in [-0.15, -0.1) is 12.4 Å². The highest BCUT2D eigenvalue weighted by Gasteiger charge is 2.05. The molecule has 0 aromatic heterocycles. The number of nitrogens with one attached hydrogen (secondary N) is 1. The number of hydrogen-bond donors (Lipinski definition) is 1. The lowest BCUT2D eigenvalue weighted by molar-refractivity contribution is 0.194. The maximum Gasteiger partial charge on any atom is 0.124 e. The van der Waals surface area contributed by atoms with E-state index in [0.29, 0.717) is 6.61 Å². The molecule has 0 heterocycles. The van der Waals surface area contributed by atoms with Gasteiger partial charge in [-0.1, -0.05) is 39.7 Å². The maximum atomic E-state index is 5.97. The molecule has 0 saturated carbocycles. The van der Waals surface area contributed by atoms with Crippen LogP contribution in [0.3, 0.4) is 0 Å². The Morgan fingerprint density at radius 1 is 1.12 bits per heavy atom. The van der Waals surface area contributed by atoms with E-state index >= 15 is 0 Å². The van der Waals surface area contributed by atoms with Crippen molar-refractivity contribution < 1.29 is 9.47 Å². The molecule has 0 atom stereocenters. The molecule has 0 fully saturated rings. The van der Waals surface area contributed by atoms with Gasteiger partial charge in [0.05, 0.1) is 0 Å². The Kier molecular flexibility index (Phi) is 10.4. The fourth-order valence-electron chi connectivity index (χ4n) is 2.13. The van der Waals surface area contributed by atoms with E-state index in [-0.39, 0.29) is 12.4 Å². The number of benzene rings is 2. The third-order valence-corrected chi connectivity index (χ3v) is 4.09. The van der Waals surface area contributed by atoms with E-state index in [0.717, 1.165) is 52.5 Å². The number of hydrogen-bond acceptors (Lipinski definition) is 3. The van der Waals surface area contributed by atoms with Crippen LogP contribution in [-0.4, -0.2) is 20.3 Å². The summed E-state index contributed by atoms with van der Waals surface area (Å²) in [4.78, 5) is 0. The highest BCUT2D eigenvalue weighted by atomic mass is 79.9. The predicted octanol–water partition coefficient (Wildman–Crippen LogP) is 5.23. The molecule has 2 aromatic carbocycles. The average molecular weight is 435 g/mol. The smallest absolute Gasteiger partial charge is 0.124 e. The van der Waals surface area contributed by atoms with E-state index in [1.54, 1.807) is 7.11 Å². The van der Waals surface area contributed by atoms with Crippen molar-refractivity contribution in [3.8, 4) is 5.75 Å². The van der Waals surface area contributed by atoms with Gasteiger partial charge in [0.1, 0.15) is 12.4 Å². The first kappa shape index (κ1) is 21.3. The minimum Gasteiger partial charge on any atom is -0.489 e. The minimum atomic E-state index is 0. The molecule has 0 aliphatic heterocycles. The van der Waals surface area contributed by atoms with Crippen molar-refractivity contribution in [3.05, 3.63) is 63.1 Å². The van der Waals surface area contributed by atoms with Crippen LogP contribution in [0.4, 0.5) is 0 Å². The van der Waals surface area contributed by atoms with E-state index in [9.17, 15) is 0 Å². The predicted molar refractivity (Wildman–Crippen MR) is 105 cm³/mol. The summed E-state index contributed by atoms with van der Waals surface area (Å²) in [6.07, 6.45) is 0.992. The molecule has 0 amide bonds. The normalized spacial score (nSPS) is 10.3. The van der Waals surface area contributed by atoms with Gasteiger partial charge in [-0.25, -0.2) is 0 Å². The van der Waals surface area contributed by atoms with E-state index in [1.165, 1.54) is 0 Å². The van der Waals surface area contributed by atoms with Gasteiger partial charge in [0.25, 0.3) is 0 Å². The number of methoxy groups -OCH3 is 1.